The highest BCUT2D eigenvalue weighted by Gasteiger charge is 2.30. The van der Waals surface area contributed by atoms with E-state index in [1.165, 1.54) is 30.7 Å². The van der Waals surface area contributed by atoms with E-state index < -0.39 is 10.0 Å². The van der Waals surface area contributed by atoms with Crippen LogP contribution in [0.4, 0.5) is 0 Å². The molecule has 0 radical (unpaired) electrons. The van der Waals surface area contributed by atoms with Gasteiger partial charge in [-0.3, -0.25) is 4.79 Å². The molecule has 2 aromatic rings. The Morgan fingerprint density at radius 3 is 2.12 bits per heavy atom. The predicted molar refractivity (Wildman–Crippen MR) is 121 cm³/mol. The average Bonchev–Trinajstić information content (AvgIpc) is 2.78. The van der Waals surface area contributed by atoms with E-state index in [-0.39, 0.29) is 36.9 Å². The zero-order valence-corrected chi connectivity index (χ0v) is 19.8. The first-order valence-electron chi connectivity index (χ1n) is 10.5. The number of carbonyl (C=O) groups excluding carboxylic acids is 1. The molecule has 1 heterocycles. The molecule has 0 spiro atoms. The molecule has 1 aliphatic rings. The van der Waals surface area contributed by atoms with E-state index in [9.17, 15) is 13.2 Å². The largest absolute Gasteiger partial charge is 0.493 e. The third kappa shape index (κ3) is 5.52. The molecule has 0 bridgehead atoms. The van der Waals surface area contributed by atoms with Crippen LogP contribution in [-0.4, -0.2) is 70.5 Å². The zero-order valence-electron chi connectivity index (χ0n) is 19.0. The van der Waals surface area contributed by atoms with E-state index in [1.54, 1.807) is 11.0 Å². The summed E-state index contributed by atoms with van der Waals surface area (Å²) in [5.74, 6) is 1.52. The normalized spacial score (nSPS) is 14.8. The molecule has 1 amide bonds. The molecule has 0 saturated carbocycles. The van der Waals surface area contributed by atoms with Gasteiger partial charge in [0.25, 0.3) is 0 Å². The molecular weight excluding hydrogens is 432 g/mol. The first-order chi connectivity index (χ1) is 15.2. The Morgan fingerprint density at radius 1 is 0.906 bits per heavy atom. The highest BCUT2D eigenvalue weighted by atomic mass is 32.2. The maximum Gasteiger partial charge on any atom is 0.243 e. The molecule has 2 aromatic carbocycles. The molecule has 0 aromatic heterocycles. The molecule has 0 N–H and O–H groups in total. The summed E-state index contributed by atoms with van der Waals surface area (Å²) in [6.07, 6.45) is 0.245. The van der Waals surface area contributed by atoms with Crippen LogP contribution in [0.5, 0.6) is 17.2 Å². The molecule has 1 aliphatic heterocycles. The van der Waals surface area contributed by atoms with Gasteiger partial charge in [-0.1, -0.05) is 6.07 Å². The molecule has 3 rings (SSSR count). The van der Waals surface area contributed by atoms with Crippen LogP contribution in [0.3, 0.4) is 0 Å². The Labute approximate surface area is 189 Å². The maximum atomic E-state index is 13.0. The van der Waals surface area contributed by atoms with Crippen LogP contribution in [0.1, 0.15) is 17.5 Å². The number of aryl methyl sites for hydroxylation is 2. The van der Waals surface area contributed by atoms with Gasteiger partial charge in [0.05, 0.1) is 32.1 Å². The molecule has 8 nitrogen and oxygen atoms in total. The van der Waals surface area contributed by atoms with Gasteiger partial charge in [-0.15, -0.1) is 0 Å². The first-order valence-corrected chi connectivity index (χ1v) is 11.9. The van der Waals surface area contributed by atoms with Crippen LogP contribution in [0.15, 0.2) is 41.3 Å². The van der Waals surface area contributed by atoms with Gasteiger partial charge >= 0.3 is 0 Å². The highest BCUT2D eigenvalue weighted by molar-refractivity contribution is 7.89. The summed E-state index contributed by atoms with van der Waals surface area (Å²) in [5.41, 5.74) is 2.22. The van der Waals surface area contributed by atoms with E-state index >= 15 is 0 Å². The van der Waals surface area contributed by atoms with E-state index in [0.717, 1.165) is 16.9 Å². The Balaban J connectivity index is 1.54. The number of sulfonamides is 1. The number of methoxy groups -OCH3 is 2. The second-order valence-corrected chi connectivity index (χ2v) is 9.66. The number of hydrogen-bond acceptors (Lipinski definition) is 6. The molecule has 1 saturated heterocycles. The van der Waals surface area contributed by atoms with E-state index in [1.807, 2.05) is 26.0 Å². The van der Waals surface area contributed by atoms with Crippen molar-refractivity contribution < 1.29 is 27.4 Å². The zero-order chi connectivity index (χ0) is 23.3. The maximum absolute atomic E-state index is 13.0. The van der Waals surface area contributed by atoms with Gasteiger partial charge in [0, 0.05) is 32.2 Å². The van der Waals surface area contributed by atoms with Crippen molar-refractivity contribution in [2.24, 2.45) is 0 Å². The van der Waals surface area contributed by atoms with Crippen LogP contribution < -0.4 is 14.2 Å². The minimum absolute atomic E-state index is 0.0439. The SMILES string of the molecule is COc1ccc(S(=O)(=O)N2CCN(C(=O)CCOc3cc(C)cc(C)c3)CC2)cc1OC. The first kappa shape index (κ1) is 23.9. The lowest BCUT2D eigenvalue weighted by Gasteiger charge is -2.34. The van der Waals surface area contributed by atoms with Crippen molar-refractivity contribution >= 4 is 15.9 Å². The number of carbonyl (C=O) groups is 1. The molecule has 32 heavy (non-hydrogen) atoms. The van der Waals surface area contributed by atoms with Gasteiger partial charge in [-0.05, 0) is 49.2 Å². The van der Waals surface area contributed by atoms with Crippen molar-refractivity contribution in [2.75, 3.05) is 47.0 Å². The number of hydrogen-bond donors (Lipinski definition) is 0. The van der Waals surface area contributed by atoms with Crippen molar-refractivity contribution in [2.45, 2.75) is 25.2 Å². The van der Waals surface area contributed by atoms with Crippen LogP contribution >= 0.6 is 0 Å². The minimum Gasteiger partial charge on any atom is -0.493 e. The van der Waals surface area contributed by atoms with Gasteiger partial charge in [-0.2, -0.15) is 4.31 Å². The number of amides is 1. The lowest BCUT2D eigenvalue weighted by Crippen LogP contribution is -2.50. The Hall–Kier alpha value is -2.78. The monoisotopic (exact) mass is 462 g/mol. The summed E-state index contributed by atoms with van der Waals surface area (Å²) >= 11 is 0. The van der Waals surface area contributed by atoms with Gasteiger partial charge in [0.15, 0.2) is 11.5 Å². The fourth-order valence-corrected chi connectivity index (χ4v) is 5.17. The lowest BCUT2D eigenvalue weighted by atomic mass is 10.1. The summed E-state index contributed by atoms with van der Waals surface area (Å²) in [5, 5.41) is 0. The Kier molecular flexibility index (Phi) is 7.63. The van der Waals surface area contributed by atoms with Crippen LogP contribution in [-0.2, 0) is 14.8 Å². The number of nitrogens with zero attached hydrogens (tertiary/aromatic N) is 2. The molecule has 0 unspecified atom stereocenters. The summed E-state index contributed by atoms with van der Waals surface area (Å²) in [6.45, 7) is 5.44. The van der Waals surface area contributed by atoms with Gasteiger partial charge in [-0.25, -0.2) is 8.42 Å². The Bertz CT molecular complexity index is 1040. The molecule has 9 heteroatoms. The summed E-state index contributed by atoms with van der Waals surface area (Å²) < 4.78 is 43.6. The quantitative estimate of drug-likeness (QED) is 0.600. The number of ether oxygens (including phenoxy) is 3. The summed E-state index contributed by atoms with van der Waals surface area (Å²) in [7, 11) is -0.739. The topological polar surface area (TPSA) is 85.4 Å². The Morgan fingerprint density at radius 2 is 1.53 bits per heavy atom. The van der Waals surface area contributed by atoms with Crippen LogP contribution in [0.25, 0.3) is 0 Å². The molecular formula is C23H30N2O6S. The van der Waals surface area contributed by atoms with Gasteiger partial charge in [0.1, 0.15) is 5.75 Å². The van der Waals surface area contributed by atoms with Crippen LogP contribution in [0, 0.1) is 13.8 Å². The van der Waals surface area contributed by atoms with Crippen molar-refractivity contribution in [3.8, 4) is 17.2 Å². The summed E-state index contributed by atoms with van der Waals surface area (Å²) in [4.78, 5) is 14.4. The van der Waals surface area contributed by atoms with E-state index in [0.29, 0.717) is 24.6 Å². The average molecular weight is 463 g/mol. The number of rotatable bonds is 8. The van der Waals surface area contributed by atoms with E-state index in [2.05, 4.69) is 6.07 Å². The molecule has 1 fully saturated rings. The minimum atomic E-state index is -3.69. The van der Waals surface area contributed by atoms with Crippen molar-refractivity contribution in [1.82, 2.24) is 9.21 Å². The van der Waals surface area contributed by atoms with Gasteiger partial charge in [0.2, 0.25) is 15.9 Å². The fourth-order valence-electron chi connectivity index (χ4n) is 3.73. The van der Waals surface area contributed by atoms with Crippen LogP contribution in [0.2, 0.25) is 0 Å². The second-order valence-electron chi connectivity index (χ2n) is 7.72. The molecule has 0 atom stereocenters. The standard InChI is InChI=1S/C23H30N2O6S/c1-17-13-18(2)15-19(14-17)31-12-7-23(26)24-8-10-25(11-9-24)32(27,28)20-5-6-21(29-3)22(16-20)30-4/h5-6,13-16H,7-12H2,1-4H3. The van der Waals surface area contributed by atoms with Crippen molar-refractivity contribution in [3.63, 3.8) is 0 Å². The second kappa shape index (κ2) is 10.2. The molecule has 0 aliphatic carbocycles. The summed E-state index contributed by atoms with van der Waals surface area (Å²) in [6, 6.07) is 10.5. The predicted octanol–water partition coefficient (Wildman–Crippen LogP) is 2.62. The van der Waals surface area contributed by atoms with Crippen molar-refractivity contribution in [3.05, 3.63) is 47.5 Å². The smallest absolute Gasteiger partial charge is 0.243 e. The molecule has 174 valence electrons. The van der Waals surface area contributed by atoms with Crippen molar-refractivity contribution in [1.29, 1.82) is 0 Å². The number of piperazine rings is 1. The third-order valence-corrected chi connectivity index (χ3v) is 7.26. The lowest BCUT2D eigenvalue weighted by molar-refractivity contribution is -0.132. The highest BCUT2D eigenvalue weighted by Crippen LogP contribution is 2.31. The van der Waals surface area contributed by atoms with Gasteiger partial charge < -0.3 is 19.1 Å². The fraction of sp³-hybridized carbons (Fsp3) is 0.435. The van der Waals surface area contributed by atoms with E-state index in [4.69, 9.17) is 14.2 Å². The number of benzene rings is 2. The third-order valence-electron chi connectivity index (χ3n) is 5.36.